The highest BCUT2D eigenvalue weighted by Crippen LogP contribution is 2.29. The lowest BCUT2D eigenvalue weighted by Gasteiger charge is -2.28. The summed E-state index contributed by atoms with van der Waals surface area (Å²) in [5.74, 6) is 0.718. The van der Waals surface area contributed by atoms with Crippen molar-refractivity contribution in [1.29, 1.82) is 0 Å². The van der Waals surface area contributed by atoms with Crippen LogP contribution in [0.25, 0.3) is 16.9 Å². The van der Waals surface area contributed by atoms with Gasteiger partial charge >= 0.3 is 0 Å². The number of halogens is 1. The van der Waals surface area contributed by atoms with Crippen molar-refractivity contribution >= 4 is 16.8 Å². The zero-order valence-corrected chi connectivity index (χ0v) is 19.7. The highest BCUT2D eigenvalue weighted by molar-refractivity contribution is 5.84. The Balaban J connectivity index is 1.26. The number of likely N-dealkylation sites (tertiary alicyclic amines) is 2. The van der Waals surface area contributed by atoms with Crippen LogP contribution in [0.5, 0.6) is 0 Å². The summed E-state index contributed by atoms with van der Waals surface area (Å²) in [6.45, 7) is 7.03. The van der Waals surface area contributed by atoms with Gasteiger partial charge in [0.25, 0.3) is 5.95 Å². The van der Waals surface area contributed by atoms with E-state index in [4.69, 9.17) is 4.52 Å². The van der Waals surface area contributed by atoms with Crippen LogP contribution in [0.2, 0.25) is 0 Å². The number of aromatic nitrogens is 4. The van der Waals surface area contributed by atoms with Crippen molar-refractivity contribution in [3.05, 3.63) is 35.6 Å². The van der Waals surface area contributed by atoms with Gasteiger partial charge in [-0.15, -0.1) is 0 Å². The maximum Gasteiger partial charge on any atom is 0.291 e. The molecular formula is C24H31FN6O3. The first-order valence-electron chi connectivity index (χ1n) is 12.1. The smallest absolute Gasteiger partial charge is 0.291 e. The topological polar surface area (TPSA) is 101 Å². The van der Waals surface area contributed by atoms with E-state index in [1.54, 1.807) is 6.07 Å². The Morgan fingerprint density at radius 3 is 2.94 bits per heavy atom. The SMILES string of the molecule is CC(C)c1nn(-c2noc(C[C@H]3CCN(C[C@H]4CCCN4C(=O)CO)C3)n2)c2c(F)cccc12. The van der Waals surface area contributed by atoms with Gasteiger partial charge in [-0.1, -0.05) is 26.0 Å². The largest absolute Gasteiger partial charge is 0.387 e. The first-order valence-corrected chi connectivity index (χ1v) is 12.1. The molecule has 182 valence electrons. The van der Waals surface area contributed by atoms with Crippen molar-refractivity contribution in [3.8, 4) is 5.95 Å². The maximum absolute atomic E-state index is 14.7. The summed E-state index contributed by atoms with van der Waals surface area (Å²) in [7, 11) is 0. The Kier molecular flexibility index (Phi) is 6.35. The van der Waals surface area contributed by atoms with Gasteiger partial charge in [-0.2, -0.15) is 14.8 Å². The van der Waals surface area contributed by atoms with Gasteiger partial charge in [0.1, 0.15) is 17.9 Å². The normalized spacial score (nSPS) is 21.4. The van der Waals surface area contributed by atoms with Crippen LogP contribution in [-0.2, 0) is 11.2 Å². The fraction of sp³-hybridized carbons (Fsp3) is 0.583. The summed E-state index contributed by atoms with van der Waals surface area (Å²) in [5, 5.41) is 18.7. The van der Waals surface area contributed by atoms with Gasteiger partial charge in [0.15, 0.2) is 0 Å². The van der Waals surface area contributed by atoms with Crippen LogP contribution in [0, 0.1) is 11.7 Å². The number of para-hydroxylation sites is 1. The predicted molar refractivity (Wildman–Crippen MR) is 123 cm³/mol. The first-order chi connectivity index (χ1) is 16.4. The van der Waals surface area contributed by atoms with E-state index in [1.807, 2.05) is 24.8 Å². The monoisotopic (exact) mass is 470 g/mol. The van der Waals surface area contributed by atoms with Crippen LogP contribution in [0.15, 0.2) is 22.7 Å². The molecule has 0 bridgehead atoms. The van der Waals surface area contributed by atoms with Crippen LogP contribution in [0.4, 0.5) is 4.39 Å². The third-order valence-corrected chi connectivity index (χ3v) is 7.01. The molecule has 2 aliphatic rings. The number of carbonyl (C=O) groups is 1. The van der Waals surface area contributed by atoms with Crippen molar-refractivity contribution in [1.82, 2.24) is 29.7 Å². The standard InChI is InChI=1S/C24H31FN6O3/c1-15(2)22-18-6-3-7-19(25)23(18)31(27-22)24-26-20(34-28-24)11-16-8-10-29(12-16)13-17-5-4-9-30(17)21(33)14-32/h3,6-7,15-17,32H,4-5,8-14H2,1-2H3/t16-,17-/m1/s1. The van der Waals surface area contributed by atoms with Crippen LogP contribution >= 0.6 is 0 Å². The quantitative estimate of drug-likeness (QED) is 0.566. The predicted octanol–water partition coefficient (Wildman–Crippen LogP) is 2.52. The molecule has 9 nitrogen and oxygen atoms in total. The molecule has 10 heteroatoms. The number of benzene rings is 1. The van der Waals surface area contributed by atoms with Gasteiger partial charge in [-0.25, -0.2) is 4.39 Å². The van der Waals surface area contributed by atoms with E-state index in [0.717, 1.165) is 56.5 Å². The third-order valence-electron chi connectivity index (χ3n) is 7.01. The molecule has 1 N–H and O–H groups in total. The number of hydrogen-bond acceptors (Lipinski definition) is 7. The van der Waals surface area contributed by atoms with Gasteiger partial charge in [0.05, 0.1) is 5.69 Å². The Morgan fingerprint density at radius 1 is 1.29 bits per heavy atom. The second-order valence-electron chi connectivity index (χ2n) is 9.74. The number of amides is 1. The molecule has 1 amide bonds. The minimum atomic E-state index is -0.424. The lowest BCUT2D eigenvalue weighted by atomic mass is 10.1. The molecule has 4 heterocycles. The number of rotatable bonds is 7. The van der Waals surface area contributed by atoms with Crippen molar-refractivity contribution in [2.24, 2.45) is 5.92 Å². The Labute approximate surface area is 197 Å². The molecule has 2 atom stereocenters. The zero-order chi connectivity index (χ0) is 23.8. The summed E-state index contributed by atoms with van der Waals surface area (Å²) in [6.07, 6.45) is 3.62. The summed E-state index contributed by atoms with van der Waals surface area (Å²) >= 11 is 0. The lowest BCUT2D eigenvalue weighted by molar-refractivity contribution is -0.135. The van der Waals surface area contributed by atoms with E-state index in [-0.39, 0.29) is 29.6 Å². The maximum atomic E-state index is 14.7. The molecule has 0 spiro atoms. The summed E-state index contributed by atoms with van der Waals surface area (Å²) in [4.78, 5) is 20.7. The van der Waals surface area contributed by atoms with Gasteiger partial charge in [-0.05, 0) is 48.9 Å². The molecule has 5 rings (SSSR count). The highest BCUT2D eigenvalue weighted by atomic mass is 19.1. The van der Waals surface area contributed by atoms with Crippen LogP contribution in [-0.4, -0.2) is 79.6 Å². The fourth-order valence-corrected chi connectivity index (χ4v) is 5.37. The molecular weight excluding hydrogens is 439 g/mol. The number of aliphatic hydroxyl groups excluding tert-OH is 1. The number of aliphatic hydroxyl groups is 1. The Morgan fingerprint density at radius 2 is 2.15 bits per heavy atom. The average Bonchev–Trinajstić information content (AvgIpc) is 3.60. The van der Waals surface area contributed by atoms with E-state index in [9.17, 15) is 14.3 Å². The van der Waals surface area contributed by atoms with Crippen LogP contribution in [0.3, 0.4) is 0 Å². The van der Waals surface area contributed by atoms with E-state index in [2.05, 4.69) is 20.1 Å². The van der Waals surface area contributed by atoms with E-state index in [1.165, 1.54) is 10.7 Å². The van der Waals surface area contributed by atoms with Gasteiger partial charge in [-0.3, -0.25) is 4.79 Å². The summed E-state index contributed by atoms with van der Waals surface area (Å²) < 4.78 is 21.6. The summed E-state index contributed by atoms with van der Waals surface area (Å²) in [5.41, 5.74) is 1.16. The minimum absolute atomic E-state index is 0.129. The highest BCUT2D eigenvalue weighted by Gasteiger charge is 2.33. The van der Waals surface area contributed by atoms with Crippen molar-refractivity contribution in [2.45, 2.75) is 51.5 Å². The molecule has 2 aliphatic heterocycles. The molecule has 2 saturated heterocycles. The molecule has 0 unspecified atom stereocenters. The van der Waals surface area contributed by atoms with Gasteiger partial charge in [0, 0.05) is 37.5 Å². The number of fused-ring (bicyclic) bond motifs is 1. The molecule has 0 radical (unpaired) electrons. The molecule has 0 aliphatic carbocycles. The zero-order valence-electron chi connectivity index (χ0n) is 19.7. The van der Waals surface area contributed by atoms with Crippen molar-refractivity contribution in [2.75, 3.05) is 32.8 Å². The molecule has 1 aromatic carbocycles. The van der Waals surface area contributed by atoms with Gasteiger partial charge < -0.3 is 19.4 Å². The average molecular weight is 471 g/mol. The summed E-state index contributed by atoms with van der Waals surface area (Å²) in [6, 6.07) is 5.14. The van der Waals surface area contributed by atoms with E-state index >= 15 is 0 Å². The van der Waals surface area contributed by atoms with Crippen LogP contribution < -0.4 is 0 Å². The second-order valence-corrected chi connectivity index (χ2v) is 9.74. The molecule has 2 fully saturated rings. The lowest BCUT2D eigenvalue weighted by Crippen LogP contribution is -2.43. The first kappa shape index (κ1) is 22.9. The molecule has 0 saturated carbocycles. The number of hydrogen-bond donors (Lipinski definition) is 1. The van der Waals surface area contributed by atoms with E-state index < -0.39 is 6.61 Å². The van der Waals surface area contributed by atoms with Crippen LogP contribution in [0.1, 0.15) is 50.6 Å². The van der Waals surface area contributed by atoms with E-state index in [0.29, 0.717) is 23.7 Å². The fourth-order valence-electron chi connectivity index (χ4n) is 5.37. The number of nitrogens with zero attached hydrogens (tertiary/aromatic N) is 6. The van der Waals surface area contributed by atoms with Gasteiger partial charge in [0.2, 0.25) is 11.8 Å². The second kappa shape index (κ2) is 9.42. The number of carbonyl (C=O) groups excluding carboxylic acids is 1. The molecule has 3 aromatic rings. The Hall–Kier alpha value is -2.85. The van der Waals surface area contributed by atoms with Crippen molar-refractivity contribution < 1.29 is 18.8 Å². The Bertz CT molecular complexity index is 1170. The van der Waals surface area contributed by atoms with Crippen molar-refractivity contribution in [3.63, 3.8) is 0 Å². The third kappa shape index (κ3) is 4.32. The molecule has 2 aromatic heterocycles. The molecule has 34 heavy (non-hydrogen) atoms. The minimum Gasteiger partial charge on any atom is -0.387 e.